The van der Waals surface area contributed by atoms with Crippen molar-refractivity contribution < 1.29 is 5.11 Å². The number of aromatic nitrogens is 2. The van der Waals surface area contributed by atoms with Gasteiger partial charge in [-0.3, -0.25) is 9.48 Å². The van der Waals surface area contributed by atoms with Crippen molar-refractivity contribution in [3.63, 3.8) is 0 Å². The topological polar surface area (TPSA) is 47.2 Å². The fourth-order valence-corrected chi connectivity index (χ4v) is 1.60. The maximum atomic E-state index is 11.7. The monoisotopic (exact) mass is 204 g/mol. The summed E-state index contributed by atoms with van der Waals surface area (Å²) in [5.74, 6) is 0. The van der Waals surface area contributed by atoms with Gasteiger partial charge in [-0.05, 0) is 19.1 Å². The lowest BCUT2D eigenvalue weighted by Crippen LogP contribution is -2.21. The van der Waals surface area contributed by atoms with Gasteiger partial charge in [0.15, 0.2) is 0 Å². The molecule has 2 aromatic rings. The molecule has 0 fully saturated rings. The van der Waals surface area contributed by atoms with Gasteiger partial charge in [0.2, 0.25) is 0 Å². The van der Waals surface area contributed by atoms with Gasteiger partial charge in [0.05, 0.1) is 5.69 Å². The molecule has 0 radical (unpaired) electrons. The van der Waals surface area contributed by atoms with E-state index in [2.05, 4.69) is 0 Å². The molecule has 0 aliphatic carbocycles. The summed E-state index contributed by atoms with van der Waals surface area (Å²) in [6.45, 7) is 1.58. The van der Waals surface area contributed by atoms with Gasteiger partial charge < -0.3 is 5.11 Å². The zero-order valence-corrected chi connectivity index (χ0v) is 8.42. The molecule has 0 unspecified atom stereocenters. The lowest BCUT2D eigenvalue weighted by Gasteiger charge is -2.10. The first-order valence-corrected chi connectivity index (χ1v) is 4.70. The summed E-state index contributed by atoms with van der Waals surface area (Å²) in [7, 11) is 0. The Hall–Kier alpha value is -1.81. The first-order valence-electron chi connectivity index (χ1n) is 4.70. The number of hydrogen-bond acceptors (Lipinski definition) is 2. The van der Waals surface area contributed by atoms with Gasteiger partial charge in [-0.2, -0.15) is 0 Å². The molecule has 4 heteroatoms. The molecule has 15 heavy (non-hydrogen) atoms. The Balaban J connectivity index is 2.67. The summed E-state index contributed by atoms with van der Waals surface area (Å²) in [6, 6.07) is 10.7. The average molecular weight is 204 g/mol. The number of aliphatic hydroxyl groups is 1. The van der Waals surface area contributed by atoms with Crippen LogP contribution in [0.1, 0.15) is 5.69 Å². The molecule has 0 spiro atoms. The lowest BCUT2D eigenvalue weighted by molar-refractivity contribution is 0.182. The van der Waals surface area contributed by atoms with Crippen molar-refractivity contribution in [2.75, 3.05) is 0 Å². The fourth-order valence-electron chi connectivity index (χ4n) is 1.60. The van der Waals surface area contributed by atoms with Crippen molar-refractivity contribution >= 4 is 0 Å². The fraction of sp³-hybridized carbons (Fsp3) is 0.182. The van der Waals surface area contributed by atoms with Crippen LogP contribution in [0.4, 0.5) is 0 Å². The molecule has 1 heterocycles. The molecule has 1 aromatic heterocycles. The van der Waals surface area contributed by atoms with E-state index in [1.165, 1.54) is 15.4 Å². The quantitative estimate of drug-likeness (QED) is 0.790. The van der Waals surface area contributed by atoms with Crippen LogP contribution in [0.3, 0.4) is 0 Å². The molecule has 78 valence electrons. The van der Waals surface area contributed by atoms with Crippen molar-refractivity contribution in [2.24, 2.45) is 0 Å². The Bertz CT molecular complexity index is 511. The summed E-state index contributed by atoms with van der Waals surface area (Å²) in [5, 5.41) is 9.18. The average Bonchev–Trinajstić information content (AvgIpc) is 2.54. The van der Waals surface area contributed by atoms with Crippen LogP contribution in [0.25, 0.3) is 5.69 Å². The zero-order valence-electron chi connectivity index (χ0n) is 8.42. The van der Waals surface area contributed by atoms with Crippen molar-refractivity contribution in [1.82, 2.24) is 9.36 Å². The number of aliphatic hydroxyl groups excluding tert-OH is 1. The Morgan fingerprint density at radius 1 is 1.27 bits per heavy atom. The van der Waals surface area contributed by atoms with E-state index in [1.807, 2.05) is 30.3 Å². The summed E-state index contributed by atoms with van der Waals surface area (Å²) in [4.78, 5) is 11.7. The maximum Gasteiger partial charge on any atom is 0.271 e. The summed E-state index contributed by atoms with van der Waals surface area (Å²) in [6.07, 6.45) is 0. The number of aryl methyl sites for hydroxylation is 1. The molecular formula is C11H12N2O2. The molecule has 0 atom stereocenters. The van der Waals surface area contributed by atoms with Gasteiger partial charge in [-0.15, -0.1) is 0 Å². The number of nitrogens with zero attached hydrogens (tertiary/aromatic N) is 2. The van der Waals surface area contributed by atoms with Crippen LogP contribution in [0.5, 0.6) is 0 Å². The third-order valence-electron chi connectivity index (χ3n) is 2.32. The molecule has 1 aromatic carbocycles. The van der Waals surface area contributed by atoms with Gasteiger partial charge in [-0.1, -0.05) is 18.2 Å². The summed E-state index contributed by atoms with van der Waals surface area (Å²) < 4.78 is 2.98. The van der Waals surface area contributed by atoms with E-state index in [4.69, 9.17) is 0 Å². The molecule has 0 aliphatic rings. The van der Waals surface area contributed by atoms with Crippen molar-refractivity contribution in [3.05, 3.63) is 52.4 Å². The minimum absolute atomic E-state index is 0.132. The standard InChI is InChI=1S/C11H12N2O2/c1-9-7-11(15)13(12(9)8-14)10-5-3-2-4-6-10/h2-7,14H,8H2,1H3. The van der Waals surface area contributed by atoms with Crippen LogP contribution in [0.2, 0.25) is 0 Å². The van der Waals surface area contributed by atoms with E-state index in [9.17, 15) is 9.90 Å². The van der Waals surface area contributed by atoms with Crippen molar-refractivity contribution in [1.29, 1.82) is 0 Å². The third-order valence-corrected chi connectivity index (χ3v) is 2.32. The second-order valence-corrected chi connectivity index (χ2v) is 3.31. The molecule has 1 N–H and O–H groups in total. The Morgan fingerprint density at radius 3 is 2.53 bits per heavy atom. The Labute approximate surface area is 87.0 Å². The highest BCUT2D eigenvalue weighted by molar-refractivity contribution is 5.30. The summed E-state index contributed by atoms with van der Waals surface area (Å²) in [5.41, 5.74) is 1.36. The number of hydrogen-bond donors (Lipinski definition) is 1. The lowest BCUT2D eigenvalue weighted by atomic mass is 10.3. The molecule has 0 saturated heterocycles. The zero-order chi connectivity index (χ0) is 10.8. The molecule has 0 aliphatic heterocycles. The normalized spacial score (nSPS) is 10.5. The number of benzene rings is 1. The van der Waals surface area contributed by atoms with Gasteiger partial charge in [0.25, 0.3) is 5.56 Å². The molecule has 0 saturated carbocycles. The van der Waals surface area contributed by atoms with Gasteiger partial charge in [0, 0.05) is 11.8 Å². The minimum Gasteiger partial charge on any atom is -0.375 e. The minimum atomic E-state index is -0.205. The van der Waals surface area contributed by atoms with Crippen LogP contribution in [-0.4, -0.2) is 14.5 Å². The Morgan fingerprint density at radius 2 is 1.93 bits per heavy atom. The predicted molar refractivity (Wildman–Crippen MR) is 57.0 cm³/mol. The molecule has 2 rings (SSSR count). The summed E-state index contributed by atoms with van der Waals surface area (Å²) >= 11 is 0. The molecular weight excluding hydrogens is 192 g/mol. The van der Waals surface area contributed by atoms with Gasteiger partial charge >= 0.3 is 0 Å². The second-order valence-electron chi connectivity index (χ2n) is 3.31. The van der Waals surface area contributed by atoms with Gasteiger partial charge in [0.1, 0.15) is 6.73 Å². The number of rotatable bonds is 2. The SMILES string of the molecule is Cc1cc(=O)n(-c2ccccc2)n1CO. The van der Waals surface area contributed by atoms with Crippen LogP contribution < -0.4 is 5.56 Å². The molecule has 0 amide bonds. The number of para-hydroxylation sites is 1. The van der Waals surface area contributed by atoms with Crippen LogP contribution in [0.15, 0.2) is 41.2 Å². The molecule has 0 bridgehead atoms. The maximum absolute atomic E-state index is 11.7. The first-order chi connectivity index (χ1) is 7.24. The largest absolute Gasteiger partial charge is 0.375 e. The van der Waals surface area contributed by atoms with Crippen LogP contribution in [0, 0.1) is 6.92 Å². The highest BCUT2D eigenvalue weighted by Crippen LogP contribution is 2.06. The van der Waals surface area contributed by atoms with E-state index in [1.54, 1.807) is 6.92 Å². The Kier molecular flexibility index (Phi) is 2.43. The highest BCUT2D eigenvalue weighted by Gasteiger charge is 2.07. The highest BCUT2D eigenvalue weighted by atomic mass is 16.3. The smallest absolute Gasteiger partial charge is 0.271 e. The third kappa shape index (κ3) is 1.59. The van der Waals surface area contributed by atoms with E-state index < -0.39 is 0 Å². The second kappa shape index (κ2) is 3.74. The first kappa shape index (κ1) is 9.73. The van der Waals surface area contributed by atoms with Crippen molar-refractivity contribution in [3.8, 4) is 5.69 Å². The molecule has 4 nitrogen and oxygen atoms in total. The van der Waals surface area contributed by atoms with Crippen molar-refractivity contribution in [2.45, 2.75) is 13.7 Å². The van der Waals surface area contributed by atoms with E-state index >= 15 is 0 Å². The van der Waals surface area contributed by atoms with E-state index in [-0.39, 0.29) is 12.3 Å². The predicted octanol–water partition coefficient (Wildman–Crippen LogP) is 0.897. The van der Waals surface area contributed by atoms with E-state index in [0.29, 0.717) is 0 Å². The van der Waals surface area contributed by atoms with Crippen LogP contribution in [-0.2, 0) is 6.73 Å². The van der Waals surface area contributed by atoms with Gasteiger partial charge in [-0.25, -0.2) is 4.68 Å². The van der Waals surface area contributed by atoms with Crippen LogP contribution >= 0.6 is 0 Å². The van der Waals surface area contributed by atoms with E-state index in [0.717, 1.165) is 11.4 Å².